The molecule has 6 nitrogen and oxygen atoms in total. The number of ether oxygens (including phenoxy) is 2. The van der Waals surface area contributed by atoms with E-state index >= 15 is 0 Å². The van der Waals surface area contributed by atoms with Crippen LogP contribution in [0.15, 0.2) is 54.4 Å². The van der Waals surface area contributed by atoms with Crippen LogP contribution in [0.3, 0.4) is 0 Å². The van der Waals surface area contributed by atoms with E-state index in [0.717, 1.165) is 17.8 Å². The largest absolute Gasteiger partial charge is 0.379 e. The molecule has 2 aromatic rings. The second-order valence-corrected chi connectivity index (χ2v) is 6.94. The third kappa shape index (κ3) is 5.52. The van der Waals surface area contributed by atoms with E-state index in [9.17, 15) is 4.79 Å². The predicted octanol–water partition coefficient (Wildman–Crippen LogP) is 2.81. The van der Waals surface area contributed by atoms with Crippen molar-refractivity contribution in [3.05, 3.63) is 54.4 Å². The standard InChI is InChI=1S/C21H27N3O3/c1-16(2)8-13-27-19-9-12-26-15-18(19)23-20(25)14-24-11-10-22-21(24)17-6-4-3-5-7-17/h3-8,10-11,18-19H,9,12-15H2,1-2H3,(H,23,25)/t18-,19+/m1/s1. The zero-order chi connectivity index (χ0) is 19.1. The van der Waals surface area contributed by atoms with E-state index in [4.69, 9.17) is 9.47 Å². The molecule has 1 fully saturated rings. The van der Waals surface area contributed by atoms with E-state index in [0.29, 0.717) is 19.8 Å². The fourth-order valence-corrected chi connectivity index (χ4v) is 3.08. The van der Waals surface area contributed by atoms with Crippen molar-refractivity contribution in [1.82, 2.24) is 14.9 Å². The molecule has 1 amide bonds. The van der Waals surface area contributed by atoms with Crippen LogP contribution >= 0.6 is 0 Å². The second kappa shape index (κ2) is 9.48. The molecule has 1 N–H and O–H groups in total. The van der Waals surface area contributed by atoms with E-state index in [2.05, 4.69) is 10.3 Å². The first-order chi connectivity index (χ1) is 13.1. The van der Waals surface area contributed by atoms with Gasteiger partial charge < -0.3 is 19.4 Å². The molecule has 0 radical (unpaired) electrons. The van der Waals surface area contributed by atoms with Gasteiger partial charge in [0.05, 0.1) is 25.4 Å². The monoisotopic (exact) mass is 369 g/mol. The summed E-state index contributed by atoms with van der Waals surface area (Å²) in [6.07, 6.45) is 6.33. The van der Waals surface area contributed by atoms with E-state index in [1.165, 1.54) is 5.57 Å². The Morgan fingerprint density at radius 3 is 2.96 bits per heavy atom. The van der Waals surface area contributed by atoms with E-state index in [1.807, 2.05) is 61.0 Å². The number of carbonyl (C=O) groups excluding carboxylic acids is 1. The first kappa shape index (κ1) is 19.3. The molecule has 1 aliphatic heterocycles. The summed E-state index contributed by atoms with van der Waals surface area (Å²) in [5.41, 5.74) is 2.20. The highest BCUT2D eigenvalue weighted by molar-refractivity contribution is 5.77. The van der Waals surface area contributed by atoms with Crippen LogP contribution in [0.2, 0.25) is 0 Å². The molecule has 1 aliphatic rings. The first-order valence-corrected chi connectivity index (χ1v) is 9.32. The van der Waals surface area contributed by atoms with Crippen LogP contribution in [0.4, 0.5) is 0 Å². The van der Waals surface area contributed by atoms with Gasteiger partial charge in [-0.15, -0.1) is 0 Å². The van der Waals surface area contributed by atoms with Crippen LogP contribution in [0.25, 0.3) is 11.4 Å². The van der Waals surface area contributed by atoms with Crippen molar-refractivity contribution < 1.29 is 14.3 Å². The number of imidazole rings is 1. The Hall–Kier alpha value is -2.44. The normalized spacial score (nSPS) is 19.5. The third-order valence-corrected chi connectivity index (χ3v) is 4.50. The van der Waals surface area contributed by atoms with E-state index < -0.39 is 0 Å². The van der Waals surface area contributed by atoms with Crippen molar-refractivity contribution in [3.8, 4) is 11.4 Å². The number of amides is 1. The highest BCUT2D eigenvalue weighted by atomic mass is 16.5. The third-order valence-electron chi connectivity index (χ3n) is 4.50. The van der Waals surface area contributed by atoms with Crippen molar-refractivity contribution in [2.75, 3.05) is 19.8 Å². The molecule has 0 spiro atoms. The Bertz CT molecular complexity index is 766. The van der Waals surface area contributed by atoms with Crippen molar-refractivity contribution in [1.29, 1.82) is 0 Å². The molecule has 0 unspecified atom stereocenters. The number of aromatic nitrogens is 2. The van der Waals surface area contributed by atoms with Gasteiger partial charge in [0.15, 0.2) is 0 Å². The number of rotatable bonds is 7. The van der Waals surface area contributed by atoms with Crippen LogP contribution in [-0.2, 0) is 20.8 Å². The van der Waals surface area contributed by atoms with Gasteiger partial charge >= 0.3 is 0 Å². The Morgan fingerprint density at radius 2 is 2.19 bits per heavy atom. The van der Waals surface area contributed by atoms with Crippen LogP contribution in [0.1, 0.15) is 20.3 Å². The number of hydrogen-bond acceptors (Lipinski definition) is 4. The number of benzene rings is 1. The SMILES string of the molecule is CC(C)=CCO[C@H]1CCOC[C@H]1NC(=O)Cn1ccnc1-c1ccccc1. The van der Waals surface area contributed by atoms with Gasteiger partial charge in [0.1, 0.15) is 12.4 Å². The fourth-order valence-electron chi connectivity index (χ4n) is 3.08. The minimum atomic E-state index is -0.138. The summed E-state index contributed by atoms with van der Waals surface area (Å²) in [6, 6.07) is 9.71. The Labute approximate surface area is 160 Å². The average Bonchev–Trinajstić information content (AvgIpc) is 3.11. The smallest absolute Gasteiger partial charge is 0.240 e. The van der Waals surface area contributed by atoms with Gasteiger partial charge in [-0.3, -0.25) is 4.79 Å². The van der Waals surface area contributed by atoms with Crippen molar-refractivity contribution in [3.63, 3.8) is 0 Å². The lowest BCUT2D eigenvalue weighted by molar-refractivity contribution is -0.126. The van der Waals surface area contributed by atoms with Gasteiger partial charge in [0.25, 0.3) is 0 Å². The Morgan fingerprint density at radius 1 is 1.37 bits per heavy atom. The summed E-state index contributed by atoms with van der Waals surface area (Å²) in [5, 5.41) is 3.07. The molecular formula is C21H27N3O3. The van der Waals surface area contributed by atoms with Crippen molar-refractivity contribution in [2.45, 2.75) is 39.0 Å². The zero-order valence-corrected chi connectivity index (χ0v) is 15.9. The Kier molecular flexibility index (Phi) is 6.79. The maximum atomic E-state index is 12.6. The summed E-state index contributed by atoms with van der Waals surface area (Å²) in [7, 11) is 0. The van der Waals surface area contributed by atoms with Gasteiger partial charge in [-0.1, -0.05) is 42.0 Å². The lowest BCUT2D eigenvalue weighted by Gasteiger charge is -2.32. The average molecular weight is 369 g/mol. The second-order valence-electron chi connectivity index (χ2n) is 6.94. The maximum Gasteiger partial charge on any atom is 0.240 e. The summed E-state index contributed by atoms with van der Waals surface area (Å²) < 4.78 is 13.3. The fraction of sp³-hybridized carbons (Fsp3) is 0.429. The van der Waals surface area contributed by atoms with Gasteiger partial charge in [-0.2, -0.15) is 0 Å². The van der Waals surface area contributed by atoms with Crippen LogP contribution in [-0.4, -0.2) is 47.4 Å². The number of allylic oxidation sites excluding steroid dienone is 1. The van der Waals surface area contributed by atoms with Crippen molar-refractivity contribution in [2.24, 2.45) is 0 Å². The molecule has 2 heterocycles. The highest BCUT2D eigenvalue weighted by Crippen LogP contribution is 2.17. The number of nitrogens with one attached hydrogen (secondary N) is 1. The van der Waals surface area contributed by atoms with Gasteiger partial charge in [-0.05, 0) is 20.3 Å². The maximum absolute atomic E-state index is 12.6. The lowest BCUT2D eigenvalue weighted by Crippen LogP contribution is -2.51. The minimum Gasteiger partial charge on any atom is -0.379 e. The van der Waals surface area contributed by atoms with Gasteiger partial charge in [0, 0.05) is 24.6 Å². The molecule has 1 aromatic heterocycles. The summed E-state index contributed by atoms with van der Waals surface area (Å²) in [5.74, 6) is 0.707. The molecule has 144 valence electrons. The zero-order valence-electron chi connectivity index (χ0n) is 15.9. The quantitative estimate of drug-likeness (QED) is 0.762. The molecule has 0 aliphatic carbocycles. The molecule has 3 rings (SSSR count). The molecule has 27 heavy (non-hydrogen) atoms. The number of hydrogen-bond donors (Lipinski definition) is 1. The summed E-state index contributed by atoms with van der Waals surface area (Å²) >= 11 is 0. The van der Waals surface area contributed by atoms with Crippen LogP contribution in [0.5, 0.6) is 0 Å². The molecule has 1 aromatic carbocycles. The summed E-state index contributed by atoms with van der Waals surface area (Å²) in [4.78, 5) is 17.0. The highest BCUT2D eigenvalue weighted by Gasteiger charge is 2.28. The molecule has 2 atom stereocenters. The molecule has 1 saturated heterocycles. The molecular weight excluding hydrogens is 342 g/mol. The molecule has 0 bridgehead atoms. The molecule has 0 saturated carbocycles. The number of nitrogens with zero attached hydrogens (tertiary/aromatic N) is 2. The van der Waals surface area contributed by atoms with E-state index in [-0.39, 0.29) is 24.6 Å². The van der Waals surface area contributed by atoms with Gasteiger partial charge in [0.2, 0.25) is 5.91 Å². The predicted molar refractivity (Wildman–Crippen MR) is 104 cm³/mol. The van der Waals surface area contributed by atoms with Gasteiger partial charge in [-0.25, -0.2) is 4.98 Å². The van der Waals surface area contributed by atoms with Crippen LogP contribution < -0.4 is 5.32 Å². The first-order valence-electron chi connectivity index (χ1n) is 9.32. The van der Waals surface area contributed by atoms with Crippen molar-refractivity contribution >= 4 is 5.91 Å². The van der Waals surface area contributed by atoms with Crippen LogP contribution in [0, 0.1) is 0 Å². The lowest BCUT2D eigenvalue weighted by atomic mass is 10.1. The minimum absolute atomic E-state index is 0.0327. The molecule has 6 heteroatoms. The summed E-state index contributed by atoms with van der Waals surface area (Å²) in [6.45, 7) is 5.98. The van der Waals surface area contributed by atoms with E-state index in [1.54, 1.807) is 6.20 Å². The Balaban J connectivity index is 1.60. The number of carbonyl (C=O) groups is 1. The topological polar surface area (TPSA) is 65.4 Å².